The molecule has 5 heteroatoms. The first-order chi connectivity index (χ1) is 8.75. The summed E-state index contributed by atoms with van der Waals surface area (Å²) in [5.74, 6) is 0.882. The van der Waals surface area contributed by atoms with Gasteiger partial charge in [0.05, 0.1) is 6.04 Å². The van der Waals surface area contributed by atoms with Gasteiger partial charge in [0.15, 0.2) is 0 Å². The van der Waals surface area contributed by atoms with E-state index < -0.39 is 0 Å². The molecule has 1 aromatic heterocycles. The van der Waals surface area contributed by atoms with E-state index in [1.165, 1.54) is 0 Å². The van der Waals surface area contributed by atoms with Gasteiger partial charge in [0, 0.05) is 22.6 Å². The molecule has 1 aromatic carbocycles. The van der Waals surface area contributed by atoms with Gasteiger partial charge < -0.3 is 10.1 Å². The normalized spacial score (nSPS) is 12.3. The molecule has 0 radical (unpaired) electrons. The van der Waals surface area contributed by atoms with E-state index in [0.29, 0.717) is 6.61 Å². The molecule has 0 bridgehead atoms. The minimum atomic E-state index is 0.274. The van der Waals surface area contributed by atoms with Crippen LogP contribution >= 0.6 is 27.3 Å². The lowest BCUT2D eigenvalue weighted by atomic mass is 10.3. The number of benzene rings is 1. The van der Waals surface area contributed by atoms with Gasteiger partial charge in [-0.1, -0.05) is 22.0 Å². The Balaban J connectivity index is 1.70. The molecule has 0 aliphatic carbocycles. The fraction of sp³-hybridized carbons (Fsp3) is 0.308. The van der Waals surface area contributed by atoms with Crippen molar-refractivity contribution in [2.24, 2.45) is 0 Å². The molecule has 0 aliphatic heterocycles. The number of nitrogens with zero attached hydrogens (tertiary/aromatic N) is 1. The first-order valence-corrected chi connectivity index (χ1v) is 7.44. The molecule has 96 valence electrons. The highest BCUT2D eigenvalue weighted by Gasteiger charge is 2.06. The van der Waals surface area contributed by atoms with Gasteiger partial charge in [-0.2, -0.15) is 0 Å². The minimum absolute atomic E-state index is 0.274. The number of hydrogen-bond acceptors (Lipinski definition) is 4. The van der Waals surface area contributed by atoms with E-state index in [0.717, 1.165) is 21.8 Å². The number of nitrogens with one attached hydrogen (secondary N) is 1. The van der Waals surface area contributed by atoms with Crippen molar-refractivity contribution in [2.75, 3.05) is 13.2 Å². The maximum Gasteiger partial charge on any atom is 0.120 e. The zero-order valence-corrected chi connectivity index (χ0v) is 12.5. The van der Waals surface area contributed by atoms with Crippen LogP contribution in [-0.4, -0.2) is 18.1 Å². The fourth-order valence-corrected chi connectivity index (χ4v) is 2.59. The SMILES string of the molecule is CC(NCCOc1cccc(Br)c1)c1nccs1. The average molecular weight is 327 g/mol. The molecule has 0 amide bonds. The summed E-state index contributed by atoms with van der Waals surface area (Å²) in [5, 5.41) is 6.48. The van der Waals surface area contributed by atoms with Crippen molar-refractivity contribution in [3.05, 3.63) is 45.3 Å². The summed E-state index contributed by atoms with van der Waals surface area (Å²) in [5.41, 5.74) is 0. The van der Waals surface area contributed by atoms with E-state index >= 15 is 0 Å². The number of thiazole rings is 1. The first kappa shape index (κ1) is 13.5. The van der Waals surface area contributed by atoms with Crippen LogP contribution in [0.5, 0.6) is 5.75 Å². The lowest BCUT2D eigenvalue weighted by Crippen LogP contribution is -2.24. The van der Waals surface area contributed by atoms with Crippen LogP contribution in [0.25, 0.3) is 0 Å². The van der Waals surface area contributed by atoms with E-state index in [1.54, 1.807) is 11.3 Å². The minimum Gasteiger partial charge on any atom is -0.492 e. The van der Waals surface area contributed by atoms with Gasteiger partial charge in [-0.05, 0) is 25.1 Å². The van der Waals surface area contributed by atoms with Crippen molar-refractivity contribution < 1.29 is 4.74 Å². The van der Waals surface area contributed by atoms with Crippen LogP contribution in [0.2, 0.25) is 0 Å². The van der Waals surface area contributed by atoms with Gasteiger partial charge in [0.25, 0.3) is 0 Å². The second-order valence-corrected chi connectivity index (χ2v) is 5.69. The maximum atomic E-state index is 5.65. The molecule has 0 saturated carbocycles. The van der Waals surface area contributed by atoms with Crippen molar-refractivity contribution in [3.8, 4) is 5.75 Å². The Morgan fingerprint density at radius 1 is 1.50 bits per heavy atom. The Morgan fingerprint density at radius 2 is 2.39 bits per heavy atom. The zero-order chi connectivity index (χ0) is 12.8. The van der Waals surface area contributed by atoms with E-state index in [2.05, 4.69) is 33.2 Å². The lowest BCUT2D eigenvalue weighted by Gasteiger charge is -2.12. The largest absolute Gasteiger partial charge is 0.492 e. The molecule has 0 spiro atoms. The van der Waals surface area contributed by atoms with Crippen LogP contribution in [0.15, 0.2) is 40.3 Å². The topological polar surface area (TPSA) is 34.1 Å². The molecule has 18 heavy (non-hydrogen) atoms. The van der Waals surface area contributed by atoms with Crippen LogP contribution in [0, 0.1) is 0 Å². The van der Waals surface area contributed by atoms with Crippen LogP contribution in [-0.2, 0) is 0 Å². The molecule has 1 heterocycles. The Bertz CT molecular complexity index is 476. The van der Waals surface area contributed by atoms with Gasteiger partial charge >= 0.3 is 0 Å². The molecule has 3 nitrogen and oxygen atoms in total. The van der Waals surface area contributed by atoms with Gasteiger partial charge in [-0.25, -0.2) is 4.98 Å². The summed E-state index contributed by atoms with van der Waals surface area (Å²) >= 11 is 5.08. The fourth-order valence-electron chi connectivity index (χ4n) is 1.54. The monoisotopic (exact) mass is 326 g/mol. The molecular weight excluding hydrogens is 312 g/mol. The highest BCUT2D eigenvalue weighted by molar-refractivity contribution is 9.10. The first-order valence-electron chi connectivity index (χ1n) is 5.77. The van der Waals surface area contributed by atoms with Crippen molar-refractivity contribution in [2.45, 2.75) is 13.0 Å². The smallest absolute Gasteiger partial charge is 0.120 e. The number of hydrogen-bond donors (Lipinski definition) is 1. The second kappa shape index (κ2) is 6.87. The van der Waals surface area contributed by atoms with Gasteiger partial charge in [0.2, 0.25) is 0 Å². The third-order valence-corrected chi connectivity index (χ3v) is 3.89. The summed E-state index contributed by atoms with van der Waals surface area (Å²) in [6.45, 7) is 3.55. The predicted octanol–water partition coefficient (Wildman–Crippen LogP) is 3.64. The highest BCUT2D eigenvalue weighted by Crippen LogP contribution is 2.17. The summed E-state index contributed by atoms with van der Waals surface area (Å²) in [4.78, 5) is 4.27. The molecule has 0 aliphatic rings. The van der Waals surface area contributed by atoms with Crippen molar-refractivity contribution >= 4 is 27.3 Å². The van der Waals surface area contributed by atoms with Gasteiger partial charge in [0.1, 0.15) is 17.4 Å². The molecule has 0 fully saturated rings. The summed E-state index contributed by atoms with van der Waals surface area (Å²) in [7, 11) is 0. The average Bonchev–Trinajstić information content (AvgIpc) is 2.88. The Hall–Kier alpha value is -0.910. The van der Waals surface area contributed by atoms with Crippen molar-refractivity contribution in [1.82, 2.24) is 10.3 Å². The van der Waals surface area contributed by atoms with Crippen molar-refractivity contribution in [1.29, 1.82) is 0 Å². The summed E-state index contributed by atoms with van der Waals surface area (Å²) < 4.78 is 6.68. The van der Waals surface area contributed by atoms with Crippen LogP contribution in [0.3, 0.4) is 0 Å². The Labute approximate surface area is 119 Å². The summed E-state index contributed by atoms with van der Waals surface area (Å²) in [6, 6.07) is 8.14. The second-order valence-electron chi connectivity index (χ2n) is 3.85. The molecule has 1 unspecified atom stereocenters. The van der Waals surface area contributed by atoms with Gasteiger partial charge in [-0.15, -0.1) is 11.3 Å². The third-order valence-electron chi connectivity index (χ3n) is 2.44. The van der Waals surface area contributed by atoms with Gasteiger partial charge in [-0.3, -0.25) is 0 Å². The van der Waals surface area contributed by atoms with E-state index in [-0.39, 0.29) is 6.04 Å². The zero-order valence-electron chi connectivity index (χ0n) is 10.1. The predicted molar refractivity (Wildman–Crippen MR) is 78.2 cm³/mol. The number of rotatable bonds is 6. The quantitative estimate of drug-likeness (QED) is 0.823. The van der Waals surface area contributed by atoms with E-state index in [9.17, 15) is 0 Å². The number of ether oxygens (including phenoxy) is 1. The van der Waals surface area contributed by atoms with E-state index in [4.69, 9.17) is 4.74 Å². The van der Waals surface area contributed by atoms with Crippen molar-refractivity contribution in [3.63, 3.8) is 0 Å². The third kappa shape index (κ3) is 4.08. The Morgan fingerprint density at radius 3 is 3.11 bits per heavy atom. The molecule has 2 aromatic rings. The van der Waals surface area contributed by atoms with Crippen LogP contribution in [0.4, 0.5) is 0 Å². The van der Waals surface area contributed by atoms with Crippen LogP contribution < -0.4 is 10.1 Å². The maximum absolute atomic E-state index is 5.65. The molecule has 2 rings (SSSR count). The number of halogens is 1. The highest BCUT2D eigenvalue weighted by atomic mass is 79.9. The standard InChI is InChI=1S/C13H15BrN2OS/c1-10(13-16-6-8-18-13)15-5-7-17-12-4-2-3-11(14)9-12/h2-4,6,8-10,15H,5,7H2,1H3. The van der Waals surface area contributed by atoms with Crippen LogP contribution in [0.1, 0.15) is 18.0 Å². The summed E-state index contributed by atoms with van der Waals surface area (Å²) in [6.07, 6.45) is 1.83. The molecule has 0 saturated heterocycles. The molecule has 1 N–H and O–H groups in total. The number of aromatic nitrogens is 1. The molecule has 1 atom stereocenters. The molecular formula is C13H15BrN2OS. The lowest BCUT2D eigenvalue weighted by molar-refractivity contribution is 0.307. The Kier molecular flexibility index (Phi) is 5.16. The van der Waals surface area contributed by atoms with E-state index in [1.807, 2.05) is 35.8 Å².